The molecule has 2 aromatic rings. The molecule has 3 rings (SSSR count). The van der Waals surface area contributed by atoms with Crippen LogP contribution in [0.5, 0.6) is 5.75 Å². The maximum atomic E-state index is 6.17. The molecule has 4 nitrogen and oxygen atoms in total. The average Bonchev–Trinajstić information content (AvgIpc) is 2.69. The Morgan fingerprint density at radius 3 is 2.41 bits per heavy atom. The van der Waals surface area contributed by atoms with Crippen molar-refractivity contribution in [3.8, 4) is 5.75 Å². The van der Waals surface area contributed by atoms with Crippen molar-refractivity contribution in [3.63, 3.8) is 0 Å². The van der Waals surface area contributed by atoms with Gasteiger partial charge in [-0.1, -0.05) is 41.4 Å². The summed E-state index contributed by atoms with van der Waals surface area (Å²) in [7, 11) is 0. The standard InChI is InChI=1S/C21H26Cl2N2O2.2ClH/c22-19-5-4-18(21(23)14-19)16-27-20-6-2-17(3-7-20)15-24-8-1-9-25-10-12-26-13-11-25;;/h2-7,14,24H,1,8-13,15-16H2;2*1H. The predicted molar refractivity (Wildman–Crippen MR) is 125 cm³/mol. The minimum atomic E-state index is 0. The first-order valence-electron chi connectivity index (χ1n) is 9.37. The van der Waals surface area contributed by atoms with Crippen molar-refractivity contribution in [1.29, 1.82) is 0 Å². The molecule has 0 bridgehead atoms. The Morgan fingerprint density at radius 1 is 1.00 bits per heavy atom. The van der Waals surface area contributed by atoms with E-state index in [0.29, 0.717) is 16.7 Å². The van der Waals surface area contributed by atoms with Crippen molar-refractivity contribution >= 4 is 48.0 Å². The van der Waals surface area contributed by atoms with Crippen LogP contribution >= 0.6 is 48.0 Å². The van der Waals surface area contributed by atoms with Crippen molar-refractivity contribution < 1.29 is 9.47 Å². The normalized spacial score (nSPS) is 14.0. The number of hydrogen-bond acceptors (Lipinski definition) is 4. The minimum absolute atomic E-state index is 0. The van der Waals surface area contributed by atoms with E-state index in [1.54, 1.807) is 6.07 Å². The Kier molecular flexibility index (Phi) is 13.0. The van der Waals surface area contributed by atoms with E-state index >= 15 is 0 Å². The quantitative estimate of drug-likeness (QED) is 0.497. The van der Waals surface area contributed by atoms with Gasteiger partial charge in [-0.2, -0.15) is 0 Å². The third kappa shape index (κ3) is 9.31. The van der Waals surface area contributed by atoms with E-state index in [0.717, 1.165) is 63.7 Å². The number of nitrogens with zero attached hydrogens (tertiary/aromatic N) is 1. The Morgan fingerprint density at radius 2 is 1.72 bits per heavy atom. The molecule has 1 fully saturated rings. The number of rotatable bonds is 9. The van der Waals surface area contributed by atoms with Gasteiger partial charge >= 0.3 is 0 Å². The van der Waals surface area contributed by atoms with Gasteiger partial charge in [0.2, 0.25) is 0 Å². The van der Waals surface area contributed by atoms with Gasteiger partial charge in [0.25, 0.3) is 0 Å². The van der Waals surface area contributed by atoms with Crippen LogP contribution in [0.15, 0.2) is 42.5 Å². The summed E-state index contributed by atoms with van der Waals surface area (Å²) in [6, 6.07) is 13.6. The Hall–Kier alpha value is -0.720. The van der Waals surface area contributed by atoms with Crippen LogP contribution in [-0.4, -0.2) is 44.3 Å². The lowest BCUT2D eigenvalue weighted by atomic mass is 10.2. The molecule has 0 spiro atoms. The van der Waals surface area contributed by atoms with Gasteiger partial charge in [-0.15, -0.1) is 24.8 Å². The largest absolute Gasteiger partial charge is 0.489 e. The summed E-state index contributed by atoms with van der Waals surface area (Å²) < 4.78 is 11.2. The van der Waals surface area contributed by atoms with Gasteiger partial charge in [-0.25, -0.2) is 0 Å². The molecule has 162 valence electrons. The van der Waals surface area contributed by atoms with Crippen LogP contribution in [0.3, 0.4) is 0 Å². The summed E-state index contributed by atoms with van der Waals surface area (Å²) >= 11 is 12.1. The summed E-state index contributed by atoms with van der Waals surface area (Å²) in [6.07, 6.45) is 1.16. The molecule has 0 radical (unpaired) electrons. The second kappa shape index (κ2) is 14.3. The Labute approximate surface area is 195 Å². The topological polar surface area (TPSA) is 33.7 Å². The molecule has 1 heterocycles. The fourth-order valence-electron chi connectivity index (χ4n) is 2.99. The molecule has 0 atom stereocenters. The highest BCUT2D eigenvalue weighted by Crippen LogP contribution is 2.22. The molecular weight excluding hydrogens is 454 g/mol. The molecule has 0 aromatic heterocycles. The van der Waals surface area contributed by atoms with Gasteiger partial charge in [-0.05, 0) is 49.3 Å². The SMILES string of the molecule is Cl.Cl.Clc1ccc(COc2ccc(CNCCCN3CCOCC3)cc2)c(Cl)c1. The first-order chi connectivity index (χ1) is 13.2. The lowest BCUT2D eigenvalue weighted by Crippen LogP contribution is -2.37. The van der Waals surface area contributed by atoms with Gasteiger partial charge in [0.15, 0.2) is 0 Å². The van der Waals surface area contributed by atoms with Crippen LogP contribution < -0.4 is 10.1 Å². The molecular formula is C21H28Cl4N2O2. The zero-order valence-electron chi connectivity index (χ0n) is 16.2. The molecule has 29 heavy (non-hydrogen) atoms. The van der Waals surface area contributed by atoms with Crippen molar-refractivity contribution in [2.75, 3.05) is 39.4 Å². The summed E-state index contributed by atoms with van der Waals surface area (Å²) in [5.41, 5.74) is 2.17. The van der Waals surface area contributed by atoms with Crippen molar-refractivity contribution in [2.24, 2.45) is 0 Å². The van der Waals surface area contributed by atoms with E-state index in [1.165, 1.54) is 5.56 Å². The number of nitrogens with one attached hydrogen (secondary N) is 1. The van der Waals surface area contributed by atoms with Crippen LogP contribution in [-0.2, 0) is 17.9 Å². The van der Waals surface area contributed by atoms with Crippen molar-refractivity contribution in [3.05, 3.63) is 63.6 Å². The van der Waals surface area contributed by atoms with Gasteiger partial charge in [0.1, 0.15) is 12.4 Å². The first-order valence-corrected chi connectivity index (χ1v) is 10.1. The average molecular weight is 482 g/mol. The number of benzene rings is 2. The fraction of sp³-hybridized carbons (Fsp3) is 0.429. The van der Waals surface area contributed by atoms with Gasteiger partial charge in [0, 0.05) is 35.2 Å². The monoisotopic (exact) mass is 480 g/mol. The number of hydrogen-bond donors (Lipinski definition) is 1. The van der Waals surface area contributed by atoms with Gasteiger partial charge < -0.3 is 14.8 Å². The highest BCUT2D eigenvalue weighted by atomic mass is 35.5. The molecule has 1 aliphatic rings. The second-order valence-electron chi connectivity index (χ2n) is 6.65. The fourth-order valence-corrected chi connectivity index (χ4v) is 3.45. The van der Waals surface area contributed by atoms with Gasteiger partial charge in [-0.3, -0.25) is 4.90 Å². The molecule has 2 aromatic carbocycles. The summed E-state index contributed by atoms with van der Waals surface area (Å²) in [5.74, 6) is 0.831. The highest BCUT2D eigenvalue weighted by Gasteiger charge is 2.09. The van der Waals surface area contributed by atoms with E-state index in [2.05, 4.69) is 22.3 Å². The Bertz CT molecular complexity index is 710. The molecule has 0 aliphatic carbocycles. The smallest absolute Gasteiger partial charge is 0.119 e. The number of ether oxygens (including phenoxy) is 2. The highest BCUT2D eigenvalue weighted by molar-refractivity contribution is 6.35. The molecule has 8 heteroatoms. The lowest BCUT2D eigenvalue weighted by molar-refractivity contribution is 0.0374. The van der Waals surface area contributed by atoms with E-state index in [4.69, 9.17) is 32.7 Å². The van der Waals surface area contributed by atoms with Crippen LogP contribution in [0.4, 0.5) is 0 Å². The third-order valence-corrected chi connectivity index (χ3v) is 5.18. The zero-order chi connectivity index (χ0) is 18.9. The van der Waals surface area contributed by atoms with E-state index < -0.39 is 0 Å². The van der Waals surface area contributed by atoms with E-state index in [9.17, 15) is 0 Å². The van der Waals surface area contributed by atoms with Crippen molar-refractivity contribution in [2.45, 2.75) is 19.6 Å². The summed E-state index contributed by atoms with van der Waals surface area (Å²) in [4.78, 5) is 2.46. The third-order valence-electron chi connectivity index (χ3n) is 4.59. The van der Waals surface area contributed by atoms with Crippen LogP contribution in [0.25, 0.3) is 0 Å². The van der Waals surface area contributed by atoms with E-state index in [1.807, 2.05) is 24.3 Å². The Balaban J connectivity index is 0.00000210. The molecule has 1 aliphatic heterocycles. The van der Waals surface area contributed by atoms with Crippen LogP contribution in [0.1, 0.15) is 17.5 Å². The summed E-state index contributed by atoms with van der Waals surface area (Å²) in [6.45, 7) is 7.30. The molecule has 0 saturated carbocycles. The van der Waals surface area contributed by atoms with Crippen molar-refractivity contribution in [1.82, 2.24) is 10.2 Å². The predicted octanol–water partition coefficient (Wildman–Crippen LogP) is 5.23. The maximum Gasteiger partial charge on any atom is 0.119 e. The van der Waals surface area contributed by atoms with Crippen LogP contribution in [0, 0.1) is 0 Å². The second-order valence-corrected chi connectivity index (χ2v) is 7.50. The molecule has 0 amide bonds. The summed E-state index contributed by atoms with van der Waals surface area (Å²) in [5, 5.41) is 4.76. The van der Waals surface area contributed by atoms with Gasteiger partial charge in [0.05, 0.1) is 13.2 Å². The first kappa shape index (κ1) is 26.3. The lowest BCUT2D eigenvalue weighted by Gasteiger charge is -2.26. The molecule has 1 N–H and O–H groups in total. The molecule has 1 saturated heterocycles. The zero-order valence-corrected chi connectivity index (χ0v) is 19.4. The maximum absolute atomic E-state index is 6.17. The van der Waals surface area contributed by atoms with E-state index in [-0.39, 0.29) is 24.8 Å². The van der Waals surface area contributed by atoms with Crippen LogP contribution in [0.2, 0.25) is 10.0 Å². The minimum Gasteiger partial charge on any atom is -0.489 e. The number of morpholine rings is 1. The molecule has 0 unspecified atom stereocenters. The number of halogens is 4.